The molecule has 3 aromatic carbocycles. The number of halogens is 1. The summed E-state index contributed by atoms with van der Waals surface area (Å²) in [5.74, 6) is -0.343. The van der Waals surface area contributed by atoms with E-state index in [4.69, 9.17) is 21.1 Å². The summed E-state index contributed by atoms with van der Waals surface area (Å²) in [6, 6.07) is 19.2. The van der Waals surface area contributed by atoms with Crippen molar-refractivity contribution in [2.45, 2.75) is 44.4 Å². The molecule has 66 heavy (non-hydrogen) atoms. The van der Waals surface area contributed by atoms with Crippen LogP contribution >= 0.6 is 18.5 Å². The summed E-state index contributed by atoms with van der Waals surface area (Å²) in [7, 11) is -4.63. The van der Waals surface area contributed by atoms with E-state index in [2.05, 4.69) is 68.3 Å². The van der Waals surface area contributed by atoms with Crippen molar-refractivity contribution in [3.8, 4) is 17.2 Å². The number of aromatic nitrogens is 2. The zero-order chi connectivity index (χ0) is 46.4. The number of nitrogens with zero attached hydrogens (tertiary/aromatic N) is 5. The van der Waals surface area contributed by atoms with Gasteiger partial charge in [0.1, 0.15) is 22.9 Å². The van der Waals surface area contributed by atoms with Crippen molar-refractivity contribution in [1.29, 1.82) is 0 Å². The second-order valence-corrected chi connectivity index (χ2v) is 25.7. The summed E-state index contributed by atoms with van der Waals surface area (Å²) >= 11 is 6.25. The van der Waals surface area contributed by atoms with Gasteiger partial charge in [-0.3, -0.25) is 19.8 Å². The number of H-pyrrole nitrogens is 1. The van der Waals surface area contributed by atoms with E-state index in [0.717, 1.165) is 106 Å². The van der Waals surface area contributed by atoms with Gasteiger partial charge in [-0.1, -0.05) is 43.2 Å². The van der Waals surface area contributed by atoms with Crippen LogP contribution in [0.15, 0.2) is 89.6 Å². The first-order valence-electron chi connectivity index (χ1n) is 22.6. The topological polar surface area (TPSA) is 163 Å². The summed E-state index contributed by atoms with van der Waals surface area (Å²) in [4.78, 5) is 40.1. The number of nitrogens with one attached hydrogen (secondary N) is 2. The lowest BCUT2D eigenvalue weighted by Crippen LogP contribution is -2.47. The van der Waals surface area contributed by atoms with E-state index in [1.165, 1.54) is 29.0 Å². The first-order valence-corrected chi connectivity index (χ1v) is 27.2. The van der Waals surface area contributed by atoms with Gasteiger partial charge in [0, 0.05) is 98.8 Å². The van der Waals surface area contributed by atoms with Gasteiger partial charge >= 0.3 is 0 Å². The van der Waals surface area contributed by atoms with Gasteiger partial charge in [-0.05, 0) is 97.6 Å². The summed E-state index contributed by atoms with van der Waals surface area (Å²) in [6.07, 6.45) is 13.4. The van der Waals surface area contributed by atoms with Crippen LogP contribution < -0.4 is 19.1 Å². The van der Waals surface area contributed by atoms with Crippen molar-refractivity contribution >= 4 is 68.7 Å². The van der Waals surface area contributed by atoms with Crippen LogP contribution in [0.1, 0.15) is 54.6 Å². The molecule has 0 bridgehead atoms. The van der Waals surface area contributed by atoms with Gasteiger partial charge in [0.25, 0.3) is 21.6 Å². The van der Waals surface area contributed by atoms with E-state index in [1.54, 1.807) is 30.5 Å². The smallest absolute Gasteiger partial charge is 0.277 e. The number of allylic oxidation sites excluding steroid dienone is 1. The Morgan fingerprint density at radius 1 is 1.05 bits per heavy atom. The largest absolute Gasteiger partial charge is 0.493 e. The lowest BCUT2D eigenvalue weighted by atomic mass is 9.72. The van der Waals surface area contributed by atoms with Crippen molar-refractivity contribution in [3.05, 3.63) is 117 Å². The molecule has 348 valence electrons. The fourth-order valence-electron chi connectivity index (χ4n) is 9.68. The zero-order valence-corrected chi connectivity index (χ0v) is 40.2. The standard InChI is InChI=1S/C49H57ClN7O7PS/c1-49(2)13-11-36(43(28-49)34-5-7-37(50)8-6-34)31-54-15-17-56(18-16-54)38-9-10-41(46(25-38)64-39-24-35-12-14-51-47(35)52-29-39)48(58)53-66(61,62)40-26-44(57(59)60)42-23-33(32-63-45(42)27-40)30-55-19-21-65(3,4)22-20-55/h5-10,12,14,24-27,29,33H,3,11,13,15-23,28,30-32H2,1-2,4H3,(H,51,52)(H,53,58)/t33-/m1/s1. The molecule has 5 heterocycles. The van der Waals surface area contributed by atoms with Crippen LogP contribution in [0, 0.1) is 21.4 Å². The highest BCUT2D eigenvalue weighted by molar-refractivity contribution is 7.90. The van der Waals surface area contributed by atoms with Gasteiger partial charge in [-0.25, -0.2) is 18.1 Å². The molecule has 3 aliphatic heterocycles. The van der Waals surface area contributed by atoms with E-state index in [0.29, 0.717) is 30.0 Å². The molecule has 2 saturated heterocycles. The molecule has 2 aromatic heterocycles. The summed E-state index contributed by atoms with van der Waals surface area (Å²) in [6.45, 7) is 12.7. The highest BCUT2D eigenvalue weighted by atomic mass is 35.5. The number of nitro groups is 1. The number of sulfonamides is 1. The lowest BCUT2D eigenvalue weighted by Gasteiger charge is -2.39. The number of aromatic amines is 1. The highest BCUT2D eigenvalue weighted by Crippen LogP contribution is 2.45. The third-order valence-electron chi connectivity index (χ3n) is 13.6. The average Bonchev–Trinajstić information content (AvgIpc) is 3.76. The number of pyridine rings is 1. The maximum absolute atomic E-state index is 14.1. The normalized spacial score (nSPS) is 20.1. The maximum Gasteiger partial charge on any atom is 0.277 e. The number of hydrogen-bond acceptors (Lipinski definition) is 11. The molecule has 2 N–H and O–H groups in total. The number of hydrogen-bond donors (Lipinski definition) is 2. The van der Waals surface area contributed by atoms with Crippen LogP contribution in [0.4, 0.5) is 11.4 Å². The first kappa shape index (κ1) is 46.0. The molecular formula is C49H57ClN7O7PS. The number of benzene rings is 3. The predicted octanol–water partition coefficient (Wildman–Crippen LogP) is 8.77. The van der Waals surface area contributed by atoms with Gasteiger partial charge in [0.2, 0.25) is 0 Å². The third-order valence-corrected chi connectivity index (χ3v) is 17.8. The molecule has 4 aliphatic rings. The molecule has 1 aliphatic carbocycles. The van der Waals surface area contributed by atoms with Crippen LogP contribution in [-0.2, 0) is 16.4 Å². The molecule has 14 nitrogen and oxygen atoms in total. The van der Waals surface area contributed by atoms with Crippen LogP contribution in [-0.4, -0.2) is 123 Å². The Bertz CT molecular complexity index is 2860. The number of carbonyl (C=O) groups excluding carboxylic acids is 1. The monoisotopic (exact) mass is 953 g/mol. The first-order chi connectivity index (χ1) is 31.5. The lowest BCUT2D eigenvalue weighted by molar-refractivity contribution is -0.386. The molecule has 1 amide bonds. The van der Waals surface area contributed by atoms with Crippen molar-refractivity contribution < 1.29 is 27.6 Å². The Morgan fingerprint density at radius 3 is 2.55 bits per heavy atom. The number of ether oxygens (including phenoxy) is 2. The number of nitro benzene ring substituents is 1. The molecule has 17 heteroatoms. The molecule has 1 atom stereocenters. The second-order valence-electron chi connectivity index (χ2n) is 19.4. The Kier molecular flexibility index (Phi) is 12.9. The number of fused-ring (bicyclic) bond motifs is 2. The minimum absolute atomic E-state index is 0.00490. The number of rotatable bonds is 12. The minimum Gasteiger partial charge on any atom is -0.493 e. The zero-order valence-electron chi connectivity index (χ0n) is 37.7. The van der Waals surface area contributed by atoms with Gasteiger partial charge in [0.05, 0.1) is 33.7 Å². The maximum atomic E-state index is 14.1. The Morgan fingerprint density at radius 2 is 1.80 bits per heavy atom. The molecule has 0 saturated carbocycles. The predicted molar refractivity (Wildman–Crippen MR) is 264 cm³/mol. The quantitative estimate of drug-likeness (QED) is 0.0699. The number of amides is 1. The van der Waals surface area contributed by atoms with Crippen molar-refractivity contribution in [3.63, 3.8) is 0 Å². The summed E-state index contributed by atoms with van der Waals surface area (Å²) < 4.78 is 42.5. The van der Waals surface area contributed by atoms with Gasteiger partial charge in [-0.15, -0.1) is 13.2 Å². The summed E-state index contributed by atoms with van der Waals surface area (Å²) in [5, 5.41) is 14.0. The van der Waals surface area contributed by atoms with Crippen LogP contribution in [0.5, 0.6) is 17.2 Å². The molecule has 0 unspecified atom stereocenters. The highest BCUT2D eigenvalue weighted by Gasteiger charge is 2.34. The van der Waals surface area contributed by atoms with Crippen molar-refractivity contribution in [2.75, 3.05) is 82.9 Å². The van der Waals surface area contributed by atoms with E-state index in [-0.39, 0.29) is 34.1 Å². The van der Waals surface area contributed by atoms with Crippen molar-refractivity contribution in [1.82, 2.24) is 24.5 Å². The molecule has 0 radical (unpaired) electrons. The summed E-state index contributed by atoms with van der Waals surface area (Å²) in [5.41, 5.74) is 5.76. The van der Waals surface area contributed by atoms with Gasteiger partial charge in [-0.2, -0.15) is 0 Å². The minimum atomic E-state index is -4.63. The van der Waals surface area contributed by atoms with E-state index < -0.39 is 32.6 Å². The molecule has 2 fully saturated rings. The molecule has 0 spiro atoms. The SMILES string of the molecule is C=P1(C)CCN(C[C@@H]2COc3cc(S(=O)(=O)NC(=O)c4ccc(N5CCN(CC6=C(c7ccc(Cl)cc7)CC(C)(C)CC6)CC5)cc4Oc4cnc5[nH]ccc5c4)cc([N+](=O)[O-])c3C2)CC1. The fourth-order valence-corrected chi connectivity index (χ4v) is 12.6. The Hall–Kier alpha value is -5.18. The number of carbonyl (C=O) groups is 1. The van der Waals surface area contributed by atoms with Crippen LogP contribution in [0.2, 0.25) is 5.02 Å². The van der Waals surface area contributed by atoms with Crippen molar-refractivity contribution in [2.24, 2.45) is 11.3 Å². The van der Waals surface area contributed by atoms with E-state index in [1.807, 2.05) is 18.2 Å². The number of anilines is 1. The Balaban J connectivity index is 0.930. The molecule has 9 rings (SSSR count). The third kappa shape index (κ3) is 10.4. The Labute approximate surface area is 391 Å². The second kappa shape index (κ2) is 18.5. The molecule has 5 aromatic rings. The molecular weight excluding hydrogens is 897 g/mol. The van der Waals surface area contributed by atoms with Gasteiger partial charge in [0.15, 0.2) is 0 Å². The van der Waals surface area contributed by atoms with Crippen LogP contribution in [0.25, 0.3) is 16.6 Å². The van der Waals surface area contributed by atoms with Crippen LogP contribution in [0.3, 0.4) is 0 Å². The number of piperazine rings is 1. The van der Waals surface area contributed by atoms with E-state index in [9.17, 15) is 23.3 Å². The van der Waals surface area contributed by atoms with E-state index >= 15 is 0 Å². The van der Waals surface area contributed by atoms with Gasteiger partial charge < -0.3 is 24.3 Å². The average molecular weight is 955 g/mol. The fraction of sp³-hybridized carbons (Fsp3) is 0.408.